The zero-order chi connectivity index (χ0) is 10.6. The van der Waals surface area contributed by atoms with Crippen molar-refractivity contribution >= 4 is 11.6 Å². The van der Waals surface area contributed by atoms with Gasteiger partial charge in [-0.3, -0.25) is 0 Å². The van der Waals surface area contributed by atoms with E-state index in [0.717, 1.165) is 5.75 Å². The number of aryl methyl sites for hydroxylation is 2. The summed E-state index contributed by atoms with van der Waals surface area (Å²) in [6, 6.07) is 7.71. The first-order valence-corrected chi connectivity index (χ1v) is 4.81. The fraction of sp³-hybridized carbons (Fsp3) is 0.364. The minimum Gasteiger partial charge on any atom is -0.491 e. The van der Waals surface area contributed by atoms with E-state index in [1.165, 1.54) is 11.1 Å². The molecule has 0 heterocycles. The van der Waals surface area contributed by atoms with Gasteiger partial charge in [0.1, 0.15) is 12.4 Å². The third-order valence-corrected chi connectivity index (χ3v) is 2.24. The van der Waals surface area contributed by atoms with E-state index in [0.29, 0.717) is 0 Å². The van der Waals surface area contributed by atoms with Crippen LogP contribution in [0.1, 0.15) is 11.1 Å². The van der Waals surface area contributed by atoms with Crippen molar-refractivity contribution in [3.05, 3.63) is 29.3 Å². The number of halogens is 1. The molecule has 0 saturated carbocycles. The maximum Gasteiger partial charge on any atom is 0.154 e. The first-order valence-electron chi connectivity index (χ1n) is 4.37. The van der Waals surface area contributed by atoms with Crippen LogP contribution in [-0.4, -0.2) is 12.0 Å². The van der Waals surface area contributed by atoms with Crippen LogP contribution < -0.4 is 4.74 Å². The van der Waals surface area contributed by atoms with Crippen molar-refractivity contribution in [3.63, 3.8) is 0 Å². The van der Waals surface area contributed by atoms with Gasteiger partial charge in [0.05, 0.1) is 6.07 Å². The highest BCUT2D eigenvalue weighted by molar-refractivity contribution is 6.22. The molecule has 1 unspecified atom stereocenters. The SMILES string of the molecule is Cc1ccc(OCC(Cl)C#N)cc1C. The molecule has 0 bridgehead atoms. The van der Waals surface area contributed by atoms with Crippen molar-refractivity contribution < 1.29 is 4.74 Å². The summed E-state index contributed by atoms with van der Waals surface area (Å²) >= 11 is 5.60. The van der Waals surface area contributed by atoms with E-state index in [-0.39, 0.29) is 6.61 Å². The van der Waals surface area contributed by atoms with Crippen LogP contribution in [0.5, 0.6) is 5.75 Å². The van der Waals surface area contributed by atoms with Crippen molar-refractivity contribution in [2.75, 3.05) is 6.61 Å². The van der Waals surface area contributed by atoms with E-state index in [1.807, 2.05) is 38.1 Å². The van der Waals surface area contributed by atoms with Gasteiger partial charge in [0.25, 0.3) is 0 Å². The Labute approximate surface area is 89.1 Å². The highest BCUT2D eigenvalue weighted by Crippen LogP contribution is 2.16. The van der Waals surface area contributed by atoms with Crippen LogP contribution in [0.3, 0.4) is 0 Å². The van der Waals surface area contributed by atoms with Gasteiger partial charge in [-0.2, -0.15) is 5.26 Å². The lowest BCUT2D eigenvalue weighted by Crippen LogP contribution is -2.09. The van der Waals surface area contributed by atoms with Gasteiger partial charge in [-0.25, -0.2) is 0 Å². The summed E-state index contributed by atoms with van der Waals surface area (Å²) in [6.45, 7) is 4.28. The summed E-state index contributed by atoms with van der Waals surface area (Å²) in [7, 11) is 0. The molecule has 3 heteroatoms. The molecule has 2 nitrogen and oxygen atoms in total. The fourth-order valence-electron chi connectivity index (χ4n) is 1.01. The normalized spacial score (nSPS) is 11.9. The zero-order valence-corrected chi connectivity index (χ0v) is 9.01. The first-order chi connectivity index (χ1) is 6.63. The second-order valence-corrected chi connectivity index (χ2v) is 3.68. The summed E-state index contributed by atoms with van der Waals surface area (Å²) < 4.78 is 5.34. The summed E-state index contributed by atoms with van der Waals surface area (Å²) in [5, 5.41) is 7.86. The molecule has 0 saturated heterocycles. The van der Waals surface area contributed by atoms with Crippen LogP contribution in [0.25, 0.3) is 0 Å². The second-order valence-electron chi connectivity index (χ2n) is 3.15. The Morgan fingerprint density at radius 2 is 2.14 bits per heavy atom. The maximum atomic E-state index is 8.45. The molecule has 0 fully saturated rings. The molecular weight excluding hydrogens is 198 g/mol. The van der Waals surface area contributed by atoms with Crippen molar-refractivity contribution in [3.8, 4) is 11.8 Å². The Hall–Kier alpha value is -1.20. The number of nitriles is 1. The van der Waals surface area contributed by atoms with E-state index in [9.17, 15) is 0 Å². The first kappa shape index (κ1) is 10.9. The van der Waals surface area contributed by atoms with Crippen molar-refractivity contribution in [2.24, 2.45) is 0 Å². The van der Waals surface area contributed by atoms with Gasteiger partial charge < -0.3 is 4.74 Å². The molecule has 0 radical (unpaired) electrons. The number of benzene rings is 1. The van der Waals surface area contributed by atoms with Crippen molar-refractivity contribution in [1.82, 2.24) is 0 Å². The highest BCUT2D eigenvalue weighted by Gasteiger charge is 2.03. The van der Waals surface area contributed by atoms with Crippen LogP contribution in [0, 0.1) is 25.2 Å². The summed E-state index contributed by atoms with van der Waals surface area (Å²) in [5.41, 5.74) is 2.39. The minimum absolute atomic E-state index is 0.223. The molecule has 1 rings (SSSR count). The third kappa shape index (κ3) is 2.93. The fourth-order valence-corrected chi connectivity index (χ4v) is 1.07. The molecule has 1 aromatic carbocycles. The van der Waals surface area contributed by atoms with Gasteiger partial charge in [-0.1, -0.05) is 6.07 Å². The number of hydrogen-bond acceptors (Lipinski definition) is 2. The lowest BCUT2D eigenvalue weighted by atomic mass is 10.1. The lowest BCUT2D eigenvalue weighted by molar-refractivity contribution is 0.328. The predicted molar refractivity (Wildman–Crippen MR) is 56.7 cm³/mol. The Morgan fingerprint density at radius 3 is 2.71 bits per heavy atom. The molecule has 0 amide bonds. The molecule has 74 valence electrons. The molecular formula is C11H12ClNO. The Balaban J connectivity index is 2.61. The Kier molecular flexibility index (Phi) is 3.79. The number of ether oxygens (including phenoxy) is 1. The number of hydrogen-bond donors (Lipinski definition) is 0. The van der Waals surface area contributed by atoms with Gasteiger partial charge in [0.2, 0.25) is 0 Å². The van der Waals surface area contributed by atoms with E-state index >= 15 is 0 Å². The molecule has 0 N–H and O–H groups in total. The van der Waals surface area contributed by atoms with Gasteiger partial charge >= 0.3 is 0 Å². The number of nitrogens with zero attached hydrogens (tertiary/aromatic N) is 1. The standard InChI is InChI=1S/C11H12ClNO/c1-8-3-4-11(5-9(8)2)14-7-10(12)6-13/h3-5,10H,7H2,1-2H3. The zero-order valence-electron chi connectivity index (χ0n) is 8.25. The molecule has 0 aliphatic carbocycles. The largest absolute Gasteiger partial charge is 0.491 e. The van der Waals surface area contributed by atoms with Crippen molar-refractivity contribution in [1.29, 1.82) is 5.26 Å². The summed E-state index contributed by atoms with van der Waals surface area (Å²) in [4.78, 5) is 0. The van der Waals surface area contributed by atoms with E-state index in [4.69, 9.17) is 21.6 Å². The quantitative estimate of drug-likeness (QED) is 0.718. The average Bonchev–Trinajstić information content (AvgIpc) is 2.19. The van der Waals surface area contributed by atoms with Crippen LogP contribution in [-0.2, 0) is 0 Å². The number of rotatable bonds is 3. The Morgan fingerprint density at radius 1 is 1.43 bits per heavy atom. The minimum atomic E-state index is -0.586. The topological polar surface area (TPSA) is 33.0 Å². The molecule has 0 aliphatic rings. The summed E-state index contributed by atoms with van der Waals surface area (Å²) in [6.07, 6.45) is 0. The molecule has 0 aromatic heterocycles. The van der Waals surface area contributed by atoms with Gasteiger partial charge in [0, 0.05) is 0 Å². The third-order valence-electron chi connectivity index (χ3n) is 2.01. The maximum absolute atomic E-state index is 8.45. The average molecular weight is 210 g/mol. The van der Waals surface area contributed by atoms with Crippen LogP contribution in [0.4, 0.5) is 0 Å². The smallest absolute Gasteiger partial charge is 0.154 e. The van der Waals surface area contributed by atoms with Crippen LogP contribution in [0.15, 0.2) is 18.2 Å². The number of alkyl halides is 1. The van der Waals surface area contributed by atoms with Gasteiger partial charge in [-0.05, 0) is 37.1 Å². The predicted octanol–water partition coefficient (Wildman–Crippen LogP) is 2.81. The lowest BCUT2D eigenvalue weighted by Gasteiger charge is -2.08. The molecule has 0 spiro atoms. The van der Waals surface area contributed by atoms with Gasteiger partial charge in [-0.15, -0.1) is 11.6 Å². The van der Waals surface area contributed by atoms with Gasteiger partial charge in [0.15, 0.2) is 5.38 Å². The van der Waals surface area contributed by atoms with E-state index < -0.39 is 5.38 Å². The van der Waals surface area contributed by atoms with E-state index in [1.54, 1.807) is 0 Å². The highest BCUT2D eigenvalue weighted by atomic mass is 35.5. The monoisotopic (exact) mass is 209 g/mol. The molecule has 14 heavy (non-hydrogen) atoms. The van der Waals surface area contributed by atoms with Crippen LogP contribution in [0.2, 0.25) is 0 Å². The molecule has 1 atom stereocenters. The molecule has 1 aromatic rings. The van der Waals surface area contributed by atoms with E-state index in [2.05, 4.69) is 0 Å². The van der Waals surface area contributed by atoms with Crippen LogP contribution >= 0.6 is 11.6 Å². The Bertz CT molecular complexity index is 357. The molecule has 0 aliphatic heterocycles. The summed E-state index contributed by atoms with van der Waals surface area (Å²) in [5.74, 6) is 0.758. The van der Waals surface area contributed by atoms with Crippen molar-refractivity contribution in [2.45, 2.75) is 19.2 Å². The second kappa shape index (κ2) is 4.88.